The molecule has 1 saturated carbocycles. The molecule has 1 aliphatic rings. The van der Waals surface area contributed by atoms with E-state index in [0.717, 1.165) is 30.3 Å². The Morgan fingerprint density at radius 1 is 1.43 bits per heavy atom. The zero-order chi connectivity index (χ0) is 10.2. The van der Waals surface area contributed by atoms with E-state index in [9.17, 15) is 0 Å². The smallest absolute Gasteiger partial charge is 0.200 e. The summed E-state index contributed by atoms with van der Waals surface area (Å²) >= 11 is 0. The Hall–Kier alpha value is -0.830. The van der Waals surface area contributed by atoms with Crippen molar-refractivity contribution in [2.45, 2.75) is 44.9 Å². The van der Waals surface area contributed by atoms with E-state index < -0.39 is 0 Å². The molecule has 0 atom stereocenters. The van der Waals surface area contributed by atoms with E-state index in [4.69, 9.17) is 10.2 Å². The van der Waals surface area contributed by atoms with Crippen LogP contribution in [0, 0.1) is 13.8 Å². The largest absolute Gasteiger partial charge is 0.445 e. The van der Waals surface area contributed by atoms with Gasteiger partial charge in [0.2, 0.25) is 5.89 Å². The summed E-state index contributed by atoms with van der Waals surface area (Å²) in [6.45, 7) is 4.69. The molecule has 1 aromatic heterocycles. The van der Waals surface area contributed by atoms with Gasteiger partial charge in [-0.25, -0.2) is 4.98 Å². The molecule has 1 fully saturated rings. The Bertz CT molecular complexity index is 307. The van der Waals surface area contributed by atoms with Gasteiger partial charge in [0.1, 0.15) is 5.76 Å². The molecule has 1 heterocycles. The Balaban J connectivity index is 2.27. The van der Waals surface area contributed by atoms with Crippen molar-refractivity contribution in [3.63, 3.8) is 0 Å². The van der Waals surface area contributed by atoms with Crippen LogP contribution in [0.3, 0.4) is 0 Å². The van der Waals surface area contributed by atoms with E-state index in [1.54, 1.807) is 0 Å². The third-order valence-corrected chi connectivity index (χ3v) is 3.42. The van der Waals surface area contributed by atoms with Crippen LogP contribution in [0.5, 0.6) is 0 Å². The summed E-state index contributed by atoms with van der Waals surface area (Å²) in [5, 5.41) is 0. The molecule has 2 N–H and O–H groups in total. The van der Waals surface area contributed by atoms with E-state index in [0.29, 0.717) is 0 Å². The number of rotatable bonds is 3. The van der Waals surface area contributed by atoms with Gasteiger partial charge in [0, 0.05) is 5.41 Å². The first-order chi connectivity index (χ1) is 6.68. The number of hydrogen-bond acceptors (Lipinski definition) is 3. The van der Waals surface area contributed by atoms with Crippen molar-refractivity contribution in [3.8, 4) is 0 Å². The second-order valence-corrected chi connectivity index (χ2v) is 4.33. The fourth-order valence-corrected chi connectivity index (χ4v) is 2.15. The van der Waals surface area contributed by atoms with Crippen molar-refractivity contribution in [1.29, 1.82) is 0 Å². The van der Waals surface area contributed by atoms with Crippen molar-refractivity contribution in [2.24, 2.45) is 5.73 Å². The topological polar surface area (TPSA) is 52.0 Å². The Morgan fingerprint density at radius 2 is 2.14 bits per heavy atom. The molecule has 2 rings (SSSR count). The maximum Gasteiger partial charge on any atom is 0.200 e. The molecule has 3 nitrogen and oxygen atoms in total. The highest BCUT2D eigenvalue weighted by Crippen LogP contribution is 2.45. The zero-order valence-corrected chi connectivity index (χ0v) is 8.97. The van der Waals surface area contributed by atoms with E-state index >= 15 is 0 Å². The summed E-state index contributed by atoms with van der Waals surface area (Å²) in [5.41, 5.74) is 6.83. The molecule has 0 aliphatic heterocycles. The lowest BCUT2D eigenvalue weighted by Crippen LogP contribution is -2.36. The van der Waals surface area contributed by atoms with Gasteiger partial charge < -0.3 is 10.2 Å². The minimum absolute atomic E-state index is 0.174. The van der Waals surface area contributed by atoms with E-state index in [2.05, 4.69) is 4.98 Å². The summed E-state index contributed by atoms with van der Waals surface area (Å²) in [5.74, 6) is 1.87. The lowest BCUT2D eigenvalue weighted by molar-refractivity contribution is 0.177. The molecule has 0 unspecified atom stereocenters. The van der Waals surface area contributed by atoms with E-state index in [-0.39, 0.29) is 5.41 Å². The third-order valence-electron chi connectivity index (χ3n) is 3.42. The third kappa shape index (κ3) is 1.36. The molecule has 0 saturated heterocycles. The molecule has 1 aromatic rings. The fraction of sp³-hybridized carbons (Fsp3) is 0.727. The number of hydrogen-bond donors (Lipinski definition) is 1. The predicted octanol–water partition coefficient (Wildman–Crippen LogP) is 2.06. The monoisotopic (exact) mass is 194 g/mol. The van der Waals surface area contributed by atoms with Crippen LogP contribution < -0.4 is 5.73 Å². The molecule has 0 aromatic carbocycles. The second kappa shape index (κ2) is 3.39. The highest BCUT2D eigenvalue weighted by atomic mass is 16.4. The SMILES string of the molecule is Cc1nc(C2(CCN)CCC2)oc1C. The van der Waals surface area contributed by atoms with Crippen LogP contribution in [-0.2, 0) is 5.41 Å². The van der Waals surface area contributed by atoms with Crippen LogP contribution >= 0.6 is 0 Å². The second-order valence-electron chi connectivity index (χ2n) is 4.33. The number of nitrogens with two attached hydrogens (primary N) is 1. The molecule has 0 radical (unpaired) electrons. The first-order valence-corrected chi connectivity index (χ1v) is 5.32. The van der Waals surface area contributed by atoms with Crippen LogP contribution in [0.25, 0.3) is 0 Å². The van der Waals surface area contributed by atoms with Crippen LogP contribution in [0.2, 0.25) is 0 Å². The Kier molecular flexibility index (Phi) is 2.35. The van der Waals surface area contributed by atoms with Gasteiger partial charge in [0.15, 0.2) is 0 Å². The molecule has 3 heteroatoms. The van der Waals surface area contributed by atoms with Gasteiger partial charge in [0.25, 0.3) is 0 Å². The van der Waals surface area contributed by atoms with Crippen LogP contribution in [0.15, 0.2) is 4.42 Å². The fourth-order valence-electron chi connectivity index (χ4n) is 2.15. The normalized spacial score (nSPS) is 19.4. The first kappa shape index (κ1) is 9.71. The summed E-state index contributed by atoms with van der Waals surface area (Å²) in [4.78, 5) is 4.50. The number of oxazole rings is 1. The lowest BCUT2D eigenvalue weighted by Gasteiger charge is -2.38. The molecule has 0 spiro atoms. The van der Waals surface area contributed by atoms with Crippen LogP contribution in [0.1, 0.15) is 43.0 Å². The molecule has 1 aliphatic carbocycles. The van der Waals surface area contributed by atoms with Crippen LogP contribution in [0.4, 0.5) is 0 Å². The number of aromatic nitrogens is 1. The molecular weight excluding hydrogens is 176 g/mol. The van der Waals surface area contributed by atoms with Gasteiger partial charge >= 0.3 is 0 Å². The molecular formula is C11H18N2O. The molecule has 14 heavy (non-hydrogen) atoms. The van der Waals surface area contributed by atoms with E-state index in [1.807, 2.05) is 13.8 Å². The van der Waals surface area contributed by atoms with Gasteiger partial charge in [-0.1, -0.05) is 6.42 Å². The number of aryl methyl sites for hydroxylation is 2. The standard InChI is InChI=1S/C11H18N2O/c1-8-9(2)14-10(13-8)11(6-7-12)4-3-5-11/h3-7,12H2,1-2H3. The molecule has 0 bridgehead atoms. The summed E-state index contributed by atoms with van der Waals surface area (Å²) < 4.78 is 5.71. The minimum atomic E-state index is 0.174. The van der Waals surface area contributed by atoms with Gasteiger partial charge in [-0.2, -0.15) is 0 Å². The van der Waals surface area contributed by atoms with Crippen molar-refractivity contribution in [2.75, 3.05) is 6.54 Å². The van der Waals surface area contributed by atoms with Crippen molar-refractivity contribution < 1.29 is 4.42 Å². The average molecular weight is 194 g/mol. The average Bonchev–Trinajstić information content (AvgIpc) is 2.40. The lowest BCUT2D eigenvalue weighted by atomic mass is 9.66. The minimum Gasteiger partial charge on any atom is -0.445 e. The van der Waals surface area contributed by atoms with Crippen molar-refractivity contribution >= 4 is 0 Å². The molecule has 0 amide bonds. The summed E-state index contributed by atoms with van der Waals surface area (Å²) in [7, 11) is 0. The summed E-state index contributed by atoms with van der Waals surface area (Å²) in [6.07, 6.45) is 4.65. The maximum absolute atomic E-state index is 5.71. The first-order valence-electron chi connectivity index (χ1n) is 5.32. The maximum atomic E-state index is 5.71. The van der Waals surface area contributed by atoms with Gasteiger partial charge in [-0.15, -0.1) is 0 Å². The van der Waals surface area contributed by atoms with Gasteiger partial charge in [-0.3, -0.25) is 0 Å². The quantitative estimate of drug-likeness (QED) is 0.801. The zero-order valence-electron chi connectivity index (χ0n) is 8.97. The Morgan fingerprint density at radius 3 is 2.50 bits per heavy atom. The highest BCUT2D eigenvalue weighted by molar-refractivity contribution is 5.16. The molecule has 78 valence electrons. The van der Waals surface area contributed by atoms with Gasteiger partial charge in [0.05, 0.1) is 5.69 Å². The number of nitrogens with zero attached hydrogens (tertiary/aromatic N) is 1. The van der Waals surface area contributed by atoms with E-state index in [1.165, 1.54) is 19.3 Å². The van der Waals surface area contributed by atoms with Crippen LogP contribution in [-0.4, -0.2) is 11.5 Å². The van der Waals surface area contributed by atoms with Gasteiger partial charge in [-0.05, 0) is 39.7 Å². The predicted molar refractivity (Wildman–Crippen MR) is 55.2 cm³/mol. The summed E-state index contributed by atoms with van der Waals surface area (Å²) in [6, 6.07) is 0. The van der Waals surface area contributed by atoms with Crippen molar-refractivity contribution in [1.82, 2.24) is 4.98 Å². The van der Waals surface area contributed by atoms with Crippen molar-refractivity contribution in [3.05, 3.63) is 17.3 Å². The highest BCUT2D eigenvalue weighted by Gasteiger charge is 2.42. The Labute approximate surface area is 84.7 Å².